The highest BCUT2D eigenvalue weighted by Crippen LogP contribution is 2.29. The molecule has 0 atom stereocenters. The first-order chi connectivity index (χ1) is 9.72. The van der Waals surface area contributed by atoms with Crippen molar-refractivity contribution in [3.8, 4) is 0 Å². The Hall–Kier alpha value is -1.18. The highest BCUT2D eigenvalue weighted by atomic mass is 15.1. The lowest BCUT2D eigenvalue weighted by molar-refractivity contribution is 0.361. The Kier molecular flexibility index (Phi) is 4.18. The van der Waals surface area contributed by atoms with Crippen LogP contribution in [0.2, 0.25) is 0 Å². The molecule has 0 aromatic heterocycles. The zero-order chi connectivity index (χ0) is 13.9. The maximum Gasteiger partial charge on any atom is 0.0373 e. The molecule has 1 aromatic carbocycles. The highest BCUT2D eigenvalue weighted by Gasteiger charge is 2.19. The summed E-state index contributed by atoms with van der Waals surface area (Å²) in [4.78, 5) is 2.51. The minimum absolute atomic E-state index is 0.683. The van der Waals surface area contributed by atoms with Gasteiger partial charge in [0.2, 0.25) is 0 Å². The summed E-state index contributed by atoms with van der Waals surface area (Å²) in [6, 6.07) is 7.63. The lowest BCUT2D eigenvalue weighted by atomic mass is 9.87. The Morgan fingerprint density at radius 3 is 2.40 bits per heavy atom. The van der Waals surface area contributed by atoms with Gasteiger partial charge in [0.25, 0.3) is 0 Å². The van der Waals surface area contributed by atoms with E-state index in [-0.39, 0.29) is 0 Å². The van der Waals surface area contributed by atoms with Gasteiger partial charge >= 0.3 is 0 Å². The van der Waals surface area contributed by atoms with E-state index in [1.807, 2.05) is 0 Å². The van der Waals surface area contributed by atoms with Crippen LogP contribution in [0.5, 0.6) is 0 Å². The molecule has 2 heteroatoms. The molecule has 2 nitrogen and oxygen atoms in total. The summed E-state index contributed by atoms with van der Waals surface area (Å²) in [6.07, 6.45) is 8.10. The second kappa shape index (κ2) is 6.07. The zero-order valence-corrected chi connectivity index (χ0v) is 13.0. The molecule has 1 heterocycles. The molecule has 1 saturated carbocycles. The fourth-order valence-corrected chi connectivity index (χ4v) is 3.61. The van der Waals surface area contributed by atoms with Crippen LogP contribution in [0.1, 0.15) is 51.0 Å². The lowest BCUT2D eigenvalue weighted by Gasteiger charge is -2.28. The molecule has 2 aliphatic rings. The Morgan fingerprint density at radius 1 is 1.05 bits per heavy atom. The van der Waals surface area contributed by atoms with Gasteiger partial charge in [0.05, 0.1) is 0 Å². The van der Waals surface area contributed by atoms with Gasteiger partial charge in [-0.05, 0) is 75.1 Å². The van der Waals surface area contributed by atoms with Gasteiger partial charge in [-0.2, -0.15) is 0 Å². The third-order valence-corrected chi connectivity index (χ3v) is 5.06. The molecule has 110 valence electrons. The Balaban J connectivity index is 1.65. The minimum atomic E-state index is 0.683. The second-order valence-electron chi connectivity index (χ2n) is 6.79. The normalized spacial score (nSPS) is 26.8. The monoisotopic (exact) mass is 272 g/mol. The molecule has 1 aliphatic heterocycles. The molecule has 0 radical (unpaired) electrons. The first-order valence-corrected chi connectivity index (χ1v) is 8.34. The van der Waals surface area contributed by atoms with Gasteiger partial charge in [-0.3, -0.25) is 0 Å². The topological polar surface area (TPSA) is 15.3 Å². The Labute approximate surface area is 123 Å². The molecule has 1 N–H and O–H groups in total. The Bertz CT molecular complexity index is 441. The van der Waals surface area contributed by atoms with E-state index in [2.05, 4.69) is 42.3 Å². The first kappa shape index (κ1) is 13.8. The van der Waals surface area contributed by atoms with Crippen LogP contribution in [0.25, 0.3) is 0 Å². The van der Waals surface area contributed by atoms with Crippen molar-refractivity contribution in [2.75, 3.05) is 23.3 Å². The van der Waals surface area contributed by atoms with Gasteiger partial charge in [0.1, 0.15) is 0 Å². The summed E-state index contributed by atoms with van der Waals surface area (Å²) in [7, 11) is 0. The largest absolute Gasteiger partial charge is 0.382 e. The number of anilines is 2. The van der Waals surface area contributed by atoms with Crippen molar-refractivity contribution in [2.45, 2.75) is 58.4 Å². The van der Waals surface area contributed by atoms with E-state index in [0.29, 0.717) is 6.04 Å². The summed E-state index contributed by atoms with van der Waals surface area (Å²) < 4.78 is 0. The van der Waals surface area contributed by atoms with Crippen molar-refractivity contribution in [2.24, 2.45) is 5.92 Å². The number of aryl methyl sites for hydroxylation is 1. The zero-order valence-electron chi connectivity index (χ0n) is 13.0. The average Bonchev–Trinajstić information content (AvgIpc) is 2.97. The molecular weight excluding hydrogens is 244 g/mol. The maximum atomic E-state index is 3.77. The molecule has 0 amide bonds. The lowest BCUT2D eigenvalue weighted by Crippen LogP contribution is -2.25. The maximum absolute atomic E-state index is 3.77. The predicted octanol–water partition coefficient (Wildman–Crippen LogP) is 4.59. The van der Waals surface area contributed by atoms with Crippen LogP contribution in [-0.2, 0) is 0 Å². The standard InChI is InChI=1S/C18H28N2/c1-14-5-7-16(8-6-14)19-18-10-9-17(13-15(18)2)20-11-3-4-12-20/h9-10,13-14,16,19H,3-8,11-12H2,1-2H3. The molecular formula is C18H28N2. The van der Waals surface area contributed by atoms with E-state index in [1.165, 1.54) is 68.6 Å². The fraction of sp³-hybridized carbons (Fsp3) is 0.667. The summed E-state index contributed by atoms with van der Waals surface area (Å²) >= 11 is 0. The van der Waals surface area contributed by atoms with Crippen molar-refractivity contribution in [1.29, 1.82) is 0 Å². The minimum Gasteiger partial charge on any atom is -0.382 e. The van der Waals surface area contributed by atoms with E-state index in [0.717, 1.165) is 5.92 Å². The van der Waals surface area contributed by atoms with Crippen molar-refractivity contribution in [1.82, 2.24) is 0 Å². The first-order valence-electron chi connectivity index (χ1n) is 8.34. The molecule has 0 spiro atoms. The van der Waals surface area contributed by atoms with Crippen LogP contribution in [-0.4, -0.2) is 19.1 Å². The third kappa shape index (κ3) is 3.11. The molecule has 1 saturated heterocycles. The van der Waals surface area contributed by atoms with E-state index in [1.54, 1.807) is 0 Å². The van der Waals surface area contributed by atoms with Gasteiger partial charge in [-0.1, -0.05) is 6.92 Å². The number of nitrogens with one attached hydrogen (secondary N) is 1. The van der Waals surface area contributed by atoms with Crippen LogP contribution in [0, 0.1) is 12.8 Å². The van der Waals surface area contributed by atoms with Crippen LogP contribution < -0.4 is 10.2 Å². The predicted molar refractivity (Wildman–Crippen MR) is 87.7 cm³/mol. The summed E-state index contributed by atoms with van der Waals surface area (Å²) in [5.41, 5.74) is 4.14. The van der Waals surface area contributed by atoms with Gasteiger partial charge in [-0.15, -0.1) is 0 Å². The van der Waals surface area contributed by atoms with E-state index < -0.39 is 0 Å². The van der Waals surface area contributed by atoms with Crippen molar-refractivity contribution in [3.63, 3.8) is 0 Å². The van der Waals surface area contributed by atoms with E-state index >= 15 is 0 Å². The van der Waals surface area contributed by atoms with Gasteiger partial charge in [0, 0.05) is 30.5 Å². The molecule has 2 fully saturated rings. The highest BCUT2D eigenvalue weighted by molar-refractivity contribution is 5.60. The molecule has 20 heavy (non-hydrogen) atoms. The van der Waals surface area contributed by atoms with Crippen LogP contribution in [0.3, 0.4) is 0 Å². The number of hydrogen-bond donors (Lipinski definition) is 1. The smallest absolute Gasteiger partial charge is 0.0373 e. The van der Waals surface area contributed by atoms with E-state index in [9.17, 15) is 0 Å². The number of benzene rings is 1. The SMILES string of the molecule is Cc1cc(N2CCCC2)ccc1NC1CCC(C)CC1. The summed E-state index contributed by atoms with van der Waals surface area (Å²) in [5, 5.41) is 3.77. The third-order valence-electron chi connectivity index (χ3n) is 5.06. The van der Waals surface area contributed by atoms with Crippen LogP contribution >= 0.6 is 0 Å². The Morgan fingerprint density at radius 2 is 1.75 bits per heavy atom. The van der Waals surface area contributed by atoms with Crippen molar-refractivity contribution in [3.05, 3.63) is 23.8 Å². The number of hydrogen-bond acceptors (Lipinski definition) is 2. The molecule has 1 aliphatic carbocycles. The molecule has 0 unspecified atom stereocenters. The number of rotatable bonds is 3. The van der Waals surface area contributed by atoms with Crippen LogP contribution in [0.15, 0.2) is 18.2 Å². The molecule has 3 rings (SSSR count). The molecule has 0 bridgehead atoms. The average molecular weight is 272 g/mol. The van der Waals surface area contributed by atoms with Gasteiger partial charge < -0.3 is 10.2 Å². The quantitative estimate of drug-likeness (QED) is 0.866. The van der Waals surface area contributed by atoms with Crippen molar-refractivity contribution < 1.29 is 0 Å². The number of nitrogens with zero attached hydrogens (tertiary/aromatic N) is 1. The summed E-state index contributed by atoms with van der Waals surface area (Å²) in [5.74, 6) is 0.923. The van der Waals surface area contributed by atoms with Gasteiger partial charge in [-0.25, -0.2) is 0 Å². The fourth-order valence-electron chi connectivity index (χ4n) is 3.61. The van der Waals surface area contributed by atoms with E-state index in [4.69, 9.17) is 0 Å². The summed E-state index contributed by atoms with van der Waals surface area (Å²) in [6.45, 7) is 7.08. The van der Waals surface area contributed by atoms with Crippen LogP contribution in [0.4, 0.5) is 11.4 Å². The second-order valence-corrected chi connectivity index (χ2v) is 6.79. The van der Waals surface area contributed by atoms with Crippen molar-refractivity contribution >= 4 is 11.4 Å². The molecule has 1 aromatic rings. The van der Waals surface area contributed by atoms with Gasteiger partial charge in [0.15, 0.2) is 0 Å².